The molecule has 7 nitrogen and oxygen atoms in total. The second kappa shape index (κ2) is 11.4. The molecule has 0 radical (unpaired) electrons. The number of carbonyl (C=O) groups is 1. The molecular weight excluding hydrogens is 396 g/mol. The number of nitrogens with two attached hydrogens (primary N) is 1. The number of amides is 1. The van der Waals surface area contributed by atoms with E-state index in [1.165, 1.54) is 0 Å². The van der Waals surface area contributed by atoms with E-state index in [1.54, 1.807) is 16.4 Å². The van der Waals surface area contributed by atoms with Crippen molar-refractivity contribution in [3.63, 3.8) is 0 Å². The minimum Gasteiger partial charge on any atom is -0.352 e. The number of rotatable bonds is 9. The van der Waals surface area contributed by atoms with Crippen LogP contribution >= 0.6 is 24.2 Å². The number of hydrogen-bond donors (Lipinski definition) is 2. The van der Waals surface area contributed by atoms with Crippen molar-refractivity contribution in [1.82, 2.24) is 25.5 Å². The Morgan fingerprint density at radius 2 is 1.82 bits per heavy atom. The summed E-state index contributed by atoms with van der Waals surface area (Å²) in [4.78, 5) is 13.4. The number of nitrogens with zero attached hydrogens (tertiary/aromatic N) is 4. The van der Waals surface area contributed by atoms with Crippen LogP contribution in [0.4, 0.5) is 0 Å². The molecule has 0 saturated heterocycles. The van der Waals surface area contributed by atoms with Gasteiger partial charge in [-0.25, -0.2) is 0 Å². The van der Waals surface area contributed by atoms with E-state index in [1.807, 2.05) is 54.6 Å². The Balaban J connectivity index is 0.00000280. The topological polar surface area (TPSA) is 98.7 Å². The molecule has 1 amide bonds. The van der Waals surface area contributed by atoms with Gasteiger partial charge in [0, 0.05) is 11.4 Å². The summed E-state index contributed by atoms with van der Waals surface area (Å²) in [6.07, 6.45) is 1.78. The summed E-state index contributed by atoms with van der Waals surface area (Å²) >= 11 is 1.54. The van der Waals surface area contributed by atoms with Crippen LogP contribution < -0.4 is 11.1 Å². The second-order valence-electron chi connectivity index (χ2n) is 5.88. The van der Waals surface area contributed by atoms with Gasteiger partial charge in [0.15, 0.2) is 5.82 Å². The van der Waals surface area contributed by atoms with Gasteiger partial charge in [-0.05, 0) is 54.1 Å². The molecule has 0 unspecified atom stereocenters. The summed E-state index contributed by atoms with van der Waals surface area (Å²) in [5.74, 6) is 1.21. The first kappa shape index (κ1) is 21.9. The maximum Gasteiger partial charge on any atom is 0.252 e. The lowest BCUT2D eigenvalue weighted by molar-refractivity contribution is 0.0950. The highest BCUT2D eigenvalue weighted by Gasteiger charge is 2.13. The Labute approximate surface area is 174 Å². The number of thioether (sulfide) groups is 1. The molecule has 0 aliphatic rings. The van der Waals surface area contributed by atoms with Crippen molar-refractivity contribution in [2.75, 3.05) is 13.1 Å². The third-order valence-electron chi connectivity index (χ3n) is 3.94. The first-order valence-electron chi connectivity index (χ1n) is 8.82. The summed E-state index contributed by atoms with van der Waals surface area (Å²) in [7, 11) is 0. The SMILES string of the molecule is Cl.NCCCCNC(=O)c1ccccc1SCc1nnnn1-c1ccccc1. The number of unbranched alkanes of at least 4 members (excludes halogenated alkanes) is 1. The van der Waals surface area contributed by atoms with Crippen molar-refractivity contribution in [2.24, 2.45) is 5.73 Å². The molecule has 0 fully saturated rings. The van der Waals surface area contributed by atoms with Crippen molar-refractivity contribution in [2.45, 2.75) is 23.5 Å². The molecular formula is C19H23ClN6OS. The lowest BCUT2D eigenvalue weighted by Gasteiger charge is -2.10. The molecule has 0 atom stereocenters. The van der Waals surface area contributed by atoms with E-state index >= 15 is 0 Å². The van der Waals surface area contributed by atoms with E-state index in [0.29, 0.717) is 24.4 Å². The number of nitrogens with one attached hydrogen (secondary N) is 1. The highest BCUT2D eigenvalue weighted by Crippen LogP contribution is 2.26. The van der Waals surface area contributed by atoms with Gasteiger partial charge in [0.05, 0.1) is 17.0 Å². The zero-order valence-electron chi connectivity index (χ0n) is 15.3. The van der Waals surface area contributed by atoms with Gasteiger partial charge in [-0.1, -0.05) is 30.3 Å². The average molecular weight is 419 g/mol. The van der Waals surface area contributed by atoms with E-state index < -0.39 is 0 Å². The van der Waals surface area contributed by atoms with Gasteiger partial charge in [-0.15, -0.1) is 29.3 Å². The zero-order valence-corrected chi connectivity index (χ0v) is 17.0. The monoisotopic (exact) mass is 418 g/mol. The van der Waals surface area contributed by atoms with Crippen molar-refractivity contribution in [3.8, 4) is 5.69 Å². The third-order valence-corrected chi connectivity index (χ3v) is 5.01. The second-order valence-corrected chi connectivity index (χ2v) is 6.90. The van der Waals surface area contributed by atoms with Gasteiger partial charge in [0.25, 0.3) is 5.91 Å². The summed E-state index contributed by atoms with van der Waals surface area (Å²) < 4.78 is 1.71. The quantitative estimate of drug-likeness (QED) is 0.409. The van der Waals surface area contributed by atoms with Crippen LogP contribution in [-0.2, 0) is 5.75 Å². The van der Waals surface area contributed by atoms with Crippen molar-refractivity contribution in [3.05, 3.63) is 66.0 Å². The van der Waals surface area contributed by atoms with Crippen LogP contribution in [0.2, 0.25) is 0 Å². The average Bonchev–Trinajstić information content (AvgIpc) is 3.19. The summed E-state index contributed by atoms with van der Waals surface area (Å²) in [6.45, 7) is 1.26. The number of halogens is 1. The van der Waals surface area contributed by atoms with Gasteiger partial charge in [0.1, 0.15) is 0 Å². The molecule has 1 heterocycles. The first-order chi connectivity index (χ1) is 13.3. The molecule has 3 aromatic rings. The largest absolute Gasteiger partial charge is 0.352 e. The fourth-order valence-electron chi connectivity index (χ4n) is 2.55. The Morgan fingerprint density at radius 3 is 2.61 bits per heavy atom. The van der Waals surface area contributed by atoms with Crippen LogP contribution in [0.3, 0.4) is 0 Å². The number of benzene rings is 2. The molecule has 3 rings (SSSR count). The Kier molecular flexibility index (Phi) is 8.93. The fourth-order valence-corrected chi connectivity index (χ4v) is 3.51. The van der Waals surface area contributed by atoms with E-state index in [2.05, 4.69) is 20.8 Å². The minimum atomic E-state index is -0.0715. The van der Waals surface area contributed by atoms with E-state index in [0.717, 1.165) is 29.2 Å². The van der Waals surface area contributed by atoms with Crippen LogP contribution in [0.1, 0.15) is 29.0 Å². The smallest absolute Gasteiger partial charge is 0.252 e. The summed E-state index contributed by atoms with van der Waals surface area (Å²) in [5.41, 5.74) is 7.05. The Bertz CT molecular complexity index is 874. The minimum absolute atomic E-state index is 0. The maximum absolute atomic E-state index is 12.5. The lowest BCUT2D eigenvalue weighted by atomic mass is 10.2. The van der Waals surface area contributed by atoms with Crippen molar-refractivity contribution >= 4 is 30.1 Å². The molecule has 9 heteroatoms. The summed E-state index contributed by atoms with van der Waals surface area (Å²) in [5, 5.41) is 14.9. The van der Waals surface area contributed by atoms with Crippen LogP contribution in [0.15, 0.2) is 59.5 Å². The van der Waals surface area contributed by atoms with Crippen LogP contribution in [-0.4, -0.2) is 39.2 Å². The molecule has 1 aromatic heterocycles. The first-order valence-corrected chi connectivity index (χ1v) is 9.81. The van der Waals surface area contributed by atoms with Crippen LogP contribution in [0, 0.1) is 0 Å². The molecule has 148 valence electrons. The van der Waals surface area contributed by atoms with Gasteiger partial charge in [-0.3, -0.25) is 4.79 Å². The Morgan fingerprint density at radius 1 is 1.07 bits per heavy atom. The molecule has 3 N–H and O–H groups in total. The van der Waals surface area contributed by atoms with Gasteiger partial charge >= 0.3 is 0 Å². The highest BCUT2D eigenvalue weighted by atomic mass is 35.5. The lowest BCUT2D eigenvalue weighted by Crippen LogP contribution is -2.25. The molecule has 0 aliphatic heterocycles. The number of carbonyl (C=O) groups excluding carboxylic acids is 1. The van der Waals surface area contributed by atoms with Gasteiger partial charge in [-0.2, -0.15) is 4.68 Å². The number of tetrazole rings is 1. The molecule has 28 heavy (non-hydrogen) atoms. The number of hydrogen-bond acceptors (Lipinski definition) is 6. The third kappa shape index (κ3) is 5.79. The predicted molar refractivity (Wildman–Crippen MR) is 113 cm³/mol. The van der Waals surface area contributed by atoms with Gasteiger partial charge in [0.2, 0.25) is 0 Å². The van der Waals surface area contributed by atoms with E-state index in [-0.39, 0.29) is 18.3 Å². The summed E-state index contributed by atoms with van der Waals surface area (Å²) in [6, 6.07) is 17.3. The van der Waals surface area contributed by atoms with Crippen LogP contribution in [0.5, 0.6) is 0 Å². The van der Waals surface area contributed by atoms with Crippen LogP contribution in [0.25, 0.3) is 5.69 Å². The zero-order chi connectivity index (χ0) is 18.9. The normalized spacial score (nSPS) is 10.3. The van der Waals surface area contributed by atoms with Gasteiger partial charge < -0.3 is 11.1 Å². The van der Waals surface area contributed by atoms with Crippen molar-refractivity contribution in [1.29, 1.82) is 0 Å². The molecule has 0 aliphatic carbocycles. The molecule has 0 spiro atoms. The van der Waals surface area contributed by atoms with E-state index in [4.69, 9.17) is 5.73 Å². The highest BCUT2D eigenvalue weighted by molar-refractivity contribution is 7.98. The van der Waals surface area contributed by atoms with Crippen molar-refractivity contribution < 1.29 is 4.79 Å². The standard InChI is InChI=1S/C19H22N6OS.ClH/c20-12-6-7-13-21-19(26)16-10-4-5-11-17(16)27-14-18-22-23-24-25(18)15-8-2-1-3-9-15;/h1-5,8-11H,6-7,12-14,20H2,(H,21,26);1H. The van der Waals surface area contributed by atoms with E-state index in [9.17, 15) is 4.79 Å². The number of aromatic nitrogens is 4. The number of para-hydroxylation sites is 1. The Hall–Kier alpha value is -2.42. The molecule has 2 aromatic carbocycles. The fraction of sp³-hybridized carbons (Fsp3) is 0.263. The molecule has 0 saturated carbocycles. The maximum atomic E-state index is 12.5. The molecule has 0 bridgehead atoms. The predicted octanol–water partition coefficient (Wildman–Crippen LogP) is 2.85.